The maximum absolute atomic E-state index is 10.7. The van der Waals surface area contributed by atoms with Crippen molar-refractivity contribution < 1.29 is 19.0 Å². The van der Waals surface area contributed by atoms with Crippen LogP contribution in [0.25, 0.3) is 0 Å². The van der Waals surface area contributed by atoms with Crippen LogP contribution in [0.3, 0.4) is 0 Å². The number of esters is 1. The van der Waals surface area contributed by atoms with Crippen LogP contribution in [0.5, 0.6) is 0 Å². The van der Waals surface area contributed by atoms with Gasteiger partial charge in [-0.05, 0) is 6.42 Å². The van der Waals surface area contributed by atoms with E-state index in [1.165, 1.54) is 20.0 Å². The van der Waals surface area contributed by atoms with Gasteiger partial charge in [-0.1, -0.05) is 19.8 Å². The molecule has 0 unspecified atom stereocenters. The average molecular weight is 218 g/mol. The molecule has 0 amide bonds. The minimum Gasteiger partial charge on any atom is -0.469 e. The lowest BCUT2D eigenvalue weighted by molar-refractivity contribution is -0.141. The summed E-state index contributed by atoms with van der Waals surface area (Å²) in [5.41, 5.74) is 0. The number of unbranched alkanes of at least 4 members (excludes halogenated alkanes) is 2. The molecule has 0 aromatic heterocycles. The molecule has 90 valence electrons. The molecule has 0 bridgehead atoms. The van der Waals surface area contributed by atoms with Crippen LogP contribution >= 0.6 is 0 Å². The molecule has 15 heavy (non-hydrogen) atoms. The van der Waals surface area contributed by atoms with Gasteiger partial charge in [-0.2, -0.15) is 0 Å². The van der Waals surface area contributed by atoms with Gasteiger partial charge in [0.1, 0.15) is 0 Å². The second kappa shape index (κ2) is 11.5. The molecule has 0 aromatic carbocycles. The number of rotatable bonds is 10. The monoisotopic (exact) mass is 218 g/mol. The molecule has 0 N–H and O–H groups in total. The molecule has 0 saturated heterocycles. The van der Waals surface area contributed by atoms with Gasteiger partial charge in [-0.15, -0.1) is 0 Å². The number of ether oxygens (including phenoxy) is 3. The van der Waals surface area contributed by atoms with Crippen molar-refractivity contribution in [2.45, 2.75) is 32.6 Å². The van der Waals surface area contributed by atoms with Crippen molar-refractivity contribution in [3.05, 3.63) is 0 Å². The van der Waals surface area contributed by atoms with Crippen LogP contribution in [0, 0.1) is 0 Å². The van der Waals surface area contributed by atoms with E-state index >= 15 is 0 Å². The normalized spacial score (nSPS) is 10.3. The first-order chi connectivity index (χ1) is 7.31. The topological polar surface area (TPSA) is 44.8 Å². The van der Waals surface area contributed by atoms with Crippen LogP contribution in [0.4, 0.5) is 0 Å². The van der Waals surface area contributed by atoms with E-state index in [1.807, 2.05) is 0 Å². The van der Waals surface area contributed by atoms with Gasteiger partial charge in [0.2, 0.25) is 0 Å². The minimum atomic E-state index is -0.237. The Morgan fingerprint density at radius 1 is 1.00 bits per heavy atom. The summed E-state index contributed by atoms with van der Waals surface area (Å²) >= 11 is 0. The third-order valence-electron chi connectivity index (χ3n) is 1.94. The zero-order chi connectivity index (χ0) is 11.4. The first kappa shape index (κ1) is 14.4. The highest BCUT2D eigenvalue weighted by atomic mass is 16.5. The van der Waals surface area contributed by atoms with Gasteiger partial charge in [0.25, 0.3) is 0 Å². The van der Waals surface area contributed by atoms with Gasteiger partial charge in [-0.3, -0.25) is 4.79 Å². The van der Waals surface area contributed by atoms with Crippen molar-refractivity contribution in [1.29, 1.82) is 0 Å². The fourth-order valence-electron chi connectivity index (χ4n) is 1.03. The van der Waals surface area contributed by atoms with E-state index in [1.54, 1.807) is 0 Å². The molecular formula is C11H22O4. The smallest absolute Gasteiger partial charge is 0.307 e. The van der Waals surface area contributed by atoms with Gasteiger partial charge in [0, 0.05) is 6.61 Å². The van der Waals surface area contributed by atoms with Gasteiger partial charge >= 0.3 is 5.97 Å². The first-order valence-corrected chi connectivity index (χ1v) is 5.53. The van der Waals surface area contributed by atoms with Crippen molar-refractivity contribution in [1.82, 2.24) is 0 Å². The van der Waals surface area contributed by atoms with E-state index in [2.05, 4.69) is 11.7 Å². The number of carbonyl (C=O) groups excluding carboxylic acids is 1. The Morgan fingerprint density at radius 3 is 2.27 bits per heavy atom. The molecule has 0 aliphatic heterocycles. The number of carbonyl (C=O) groups is 1. The largest absolute Gasteiger partial charge is 0.469 e. The second-order valence-corrected chi connectivity index (χ2v) is 3.26. The van der Waals surface area contributed by atoms with Gasteiger partial charge in [-0.25, -0.2) is 0 Å². The maximum Gasteiger partial charge on any atom is 0.307 e. The predicted octanol–water partition coefficient (Wildman–Crippen LogP) is 1.77. The van der Waals surface area contributed by atoms with E-state index in [-0.39, 0.29) is 5.97 Å². The molecule has 0 aromatic rings. The zero-order valence-corrected chi connectivity index (χ0v) is 9.79. The summed E-state index contributed by atoms with van der Waals surface area (Å²) in [5, 5.41) is 0. The zero-order valence-electron chi connectivity index (χ0n) is 9.79. The maximum atomic E-state index is 10.7. The lowest BCUT2D eigenvalue weighted by Gasteiger charge is -2.04. The molecule has 0 spiro atoms. The van der Waals surface area contributed by atoms with Crippen molar-refractivity contribution in [3.63, 3.8) is 0 Å². The minimum absolute atomic E-state index is 0.237. The number of methoxy groups -OCH3 is 1. The van der Waals surface area contributed by atoms with Crippen molar-refractivity contribution in [2.75, 3.05) is 33.5 Å². The Balaban J connectivity index is 2.95. The van der Waals surface area contributed by atoms with Crippen LogP contribution < -0.4 is 0 Å². The number of hydrogen-bond acceptors (Lipinski definition) is 4. The van der Waals surface area contributed by atoms with E-state index in [4.69, 9.17) is 9.47 Å². The highest BCUT2D eigenvalue weighted by Crippen LogP contribution is 1.94. The second-order valence-electron chi connectivity index (χ2n) is 3.26. The molecule has 0 aliphatic carbocycles. The highest BCUT2D eigenvalue weighted by Gasteiger charge is 1.98. The summed E-state index contributed by atoms with van der Waals surface area (Å²) < 4.78 is 15.0. The van der Waals surface area contributed by atoms with Crippen molar-refractivity contribution in [3.8, 4) is 0 Å². The predicted molar refractivity (Wildman–Crippen MR) is 57.8 cm³/mol. The average Bonchev–Trinajstić information content (AvgIpc) is 2.26. The summed E-state index contributed by atoms with van der Waals surface area (Å²) in [7, 11) is 1.37. The molecule has 0 radical (unpaired) electrons. The van der Waals surface area contributed by atoms with Crippen LogP contribution in [0.15, 0.2) is 0 Å². The molecule has 0 rings (SSSR count). The van der Waals surface area contributed by atoms with Gasteiger partial charge in [0.05, 0.1) is 33.4 Å². The molecule has 0 saturated carbocycles. The Kier molecular flexibility index (Phi) is 11.0. The Labute approximate surface area is 91.9 Å². The summed E-state index contributed by atoms with van der Waals surface area (Å²) in [4.78, 5) is 10.7. The third-order valence-corrected chi connectivity index (χ3v) is 1.94. The summed E-state index contributed by atoms with van der Waals surface area (Å²) in [6.07, 6.45) is 3.84. The van der Waals surface area contributed by atoms with Crippen molar-refractivity contribution >= 4 is 5.97 Å². The molecular weight excluding hydrogens is 196 g/mol. The lowest BCUT2D eigenvalue weighted by Crippen LogP contribution is -2.09. The van der Waals surface area contributed by atoms with E-state index in [0.717, 1.165) is 13.0 Å². The van der Waals surface area contributed by atoms with Crippen LogP contribution in [0.2, 0.25) is 0 Å². The fourth-order valence-corrected chi connectivity index (χ4v) is 1.03. The molecule has 0 heterocycles. The lowest BCUT2D eigenvalue weighted by atomic mass is 10.3. The molecule has 0 fully saturated rings. The standard InChI is InChI=1S/C11H22O4/c1-3-4-5-7-14-9-10-15-8-6-11(12)13-2/h3-10H2,1-2H3. The SMILES string of the molecule is CCCCCOCCOCCC(=O)OC. The molecule has 4 heteroatoms. The van der Waals surface area contributed by atoms with E-state index in [0.29, 0.717) is 26.2 Å². The van der Waals surface area contributed by atoms with E-state index < -0.39 is 0 Å². The first-order valence-electron chi connectivity index (χ1n) is 5.53. The van der Waals surface area contributed by atoms with Crippen molar-refractivity contribution in [2.24, 2.45) is 0 Å². The third kappa shape index (κ3) is 11.3. The Bertz CT molecular complexity index is 148. The molecule has 4 nitrogen and oxygen atoms in total. The molecule has 0 atom stereocenters. The van der Waals surface area contributed by atoms with Crippen LogP contribution in [-0.4, -0.2) is 39.5 Å². The molecule has 0 aliphatic rings. The fraction of sp³-hybridized carbons (Fsp3) is 0.909. The summed E-state index contributed by atoms with van der Waals surface area (Å²) in [6.45, 7) is 4.52. The van der Waals surface area contributed by atoms with Gasteiger partial charge < -0.3 is 14.2 Å². The quantitative estimate of drug-likeness (QED) is 0.414. The summed E-state index contributed by atoms with van der Waals surface area (Å²) in [6, 6.07) is 0. The Morgan fingerprint density at radius 2 is 1.67 bits per heavy atom. The van der Waals surface area contributed by atoms with Crippen LogP contribution in [-0.2, 0) is 19.0 Å². The van der Waals surface area contributed by atoms with Crippen LogP contribution in [0.1, 0.15) is 32.6 Å². The summed E-state index contributed by atoms with van der Waals surface area (Å²) in [5.74, 6) is -0.237. The van der Waals surface area contributed by atoms with E-state index in [9.17, 15) is 4.79 Å². The highest BCUT2D eigenvalue weighted by molar-refractivity contribution is 5.69. The number of hydrogen-bond donors (Lipinski definition) is 0. The Hall–Kier alpha value is -0.610. The van der Waals surface area contributed by atoms with Gasteiger partial charge in [0.15, 0.2) is 0 Å².